The standard InChI is InChI=1S/C11H18N2S/c1-13(2)8-3-9-14-11-6-4-10(12)5-7-11/h4-7H,3,8-9,12H2,1-2H3. The van der Waals surface area contributed by atoms with Crippen molar-refractivity contribution in [3.63, 3.8) is 0 Å². The smallest absolute Gasteiger partial charge is 0.0314 e. The van der Waals surface area contributed by atoms with Crippen LogP contribution in [0.1, 0.15) is 6.42 Å². The molecule has 2 nitrogen and oxygen atoms in total. The summed E-state index contributed by atoms with van der Waals surface area (Å²) in [6.45, 7) is 1.15. The second-order valence-electron chi connectivity index (χ2n) is 3.57. The van der Waals surface area contributed by atoms with Crippen LogP contribution in [0.4, 0.5) is 5.69 Å². The minimum atomic E-state index is 0.836. The van der Waals surface area contributed by atoms with Crippen molar-refractivity contribution in [3.8, 4) is 0 Å². The first kappa shape index (κ1) is 11.4. The largest absolute Gasteiger partial charge is 0.399 e. The van der Waals surface area contributed by atoms with Gasteiger partial charge in [-0.2, -0.15) is 0 Å². The maximum atomic E-state index is 5.61. The summed E-state index contributed by atoms with van der Waals surface area (Å²) < 4.78 is 0. The quantitative estimate of drug-likeness (QED) is 0.459. The first-order chi connectivity index (χ1) is 6.68. The van der Waals surface area contributed by atoms with Crippen LogP contribution in [0.25, 0.3) is 0 Å². The number of hydrogen-bond donors (Lipinski definition) is 1. The molecule has 0 aliphatic rings. The van der Waals surface area contributed by atoms with E-state index in [9.17, 15) is 0 Å². The van der Waals surface area contributed by atoms with E-state index in [4.69, 9.17) is 5.73 Å². The number of nitrogens with two attached hydrogens (primary N) is 1. The van der Waals surface area contributed by atoms with E-state index in [2.05, 4.69) is 31.1 Å². The van der Waals surface area contributed by atoms with Crippen molar-refractivity contribution in [2.45, 2.75) is 11.3 Å². The van der Waals surface area contributed by atoms with E-state index in [1.807, 2.05) is 23.9 Å². The summed E-state index contributed by atoms with van der Waals surface area (Å²) in [6.07, 6.45) is 1.22. The Labute approximate surface area is 90.5 Å². The summed E-state index contributed by atoms with van der Waals surface area (Å²) in [6, 6.07) is 8.06. The normalized spacial score (nSPS) is 10.8. The molecule has 78 valence electrons. The second kappa shape index (κ2) is 5.94. The zero-order chi connectivity index (χ0) is 10.4. The molecule has 1 aromatic rings. The second-order valence-corrected chi connectivity index (χ2v) is 4.74. The molecule has 0 amide bonds. The molecule has 0 aliphatic heterocycles. The Balaban J connectivity index is 2.21. The van der Waals surface area contributed by atoms with Gasteiger partial charge in [-0.1, -0.05) is 0 Å². The molecule has 0 saturated carbocycles. The number of rotatable bonds is 5. The molecule has 0 aromatic heterocycles. The first-order valence-corrected chi connectivity index (χ1v) is 5.80. The number of nitrogens with zero attached hydrogens (tertiary/aromatic N) is 1. The molecule has 0 radical (unpaired) electrons. The Morgan fingerprint density at radius 1 is 1.21 bits per heavy atom. The number of hydrogen-bond acceptors (Lipinski definition) is 3. The fourth-order valence-corrected chi connectivity index (χ4v) is 1.97. The molecule has 2 N–H and O–H groups in total. The lowest BCUT2D eigenvalue weighted by atomic mass is 10.3. The van der Waals surface area contributed by atoms with Crippen LogP contribution in [-0.4, -0.2) is 31.3 Å². The summed E-state index contributed by atoms with van der Waals surface area (Å²) in [5.74, 6) is 1.17. The molecule has 1 aromatic carbocycles. The van der Waals surface area contributed by atoms with E-state index in [-0.39, 0.29) is 0 Å². The third-order valence-electron chi connectivity index (χ3n) is 1.90. The number of nitrogen functional groups attached to an aromatic ring is 1. The van der Waals surface area contributed by atoms with Gasteiger partial charge in [0.2, 0.25) is 0 Å². The molecule has 0 spiro atoms. The molecule has 0 fully saturated rings. The minimum Gasteiger partial charge on any atom is -0.399 e. The summed E-state index contributed by atoms with van der Waals surface area (Å²) in [5.41, 5.74) is 6.44. The first-order valence-electron chi connectivity index (χ1n) is 4.81. The van der Waals surface area contributed by atoms with E-state index >= 15 is 0 Å². The van der Waals surface area contributed by atoms with Gasteiger partial charge in [0, 0.05) is 10.6 Å². The van der Waals surface area contributed by atoms with Crippen molar-refractivity contribution >= 4 is 17.4 Å². The van der Waals surface area contributed by atoms with Crippen molar-refractivity contribution in [2.24, 2.45) is 0 Å². The fraction of sp³-hybridized carbons (Fsp3) is 0.455. The highest BCUT2D eigenvalue weighted by atomic mass is 32.2. The van der Waals surface area contributed by atoms with Crippen LogP contribution < -0.4 is 5.73 Å². The van der Waals surface area contributed by atoms with Gasteiger partial charge in [0.05, 0.1) is 0 Å². The highest BCUT2D eigenvalue weighted by molar-refractivity contribution is 7.99. The molecular formula is C11H18N2S. The molecule has 3 heteroatoms. The lowest BCUT2D eigenvalue weighted by Gasteiger charge is -2.08. The van der Waals surface area contributed by atoms with E-state index in [0.717, 1.165) is 12.2 Å². The van der Waals surface area contributed by atoms with Crippen molar-refractivity contribution in [1.82, 2.24) is 4.90 Å². The van der Waals surface area contributed by atoms with Crippen molar-refractivity contribution in [3.05, 3.63) is 24.3 Å². The van der Waals surface area contributed by atoms with Crippen molar-refractivity contribution in [2.75, 3.05) is 32.1 Å². The van der Waals surface area contributed by atoms with Gasteiger partial charge in [-0.05, 0) is 57.1 Å². The average molecular weight is 210 g/mol. The number of thioether (sulfide) groups is 1. The lowest BCUT2D eigenvalue weighted by molar-refractivity contribution is 0.410. The Bertz CT molecular complexity index is 256. The molecule has 0 atom stereocenters. The van der Waals surface area contributed by atoms with Gasteiger partial charge < -0.3 is 10.6 Å². The molecule has 0 saturated heterocycles. The van der Waals surface area contributed by atoms with Gasteiger partial charge in [0.25, 0.3) is 0 Å². The predicted molar refractivity (Wildman–Crippen MR) is 64.7 cm³/mol. The van der Waals surface area contributed by atoms with Crippen LogP contribution in [0, 0.1) is 0 Å². The van der Waals surface area contributed by atoms with Crippen LogP contribution in [0.5, 0.6) is 0 Å². The maximum Gasteiger partial charge on any atom is 0.0314 e. The maximum absolute atomic E-state index is 5.61. The van der Waals surface area contributed by atoms with Crippen LogP contribution in [0.2, 0.25) is 0 Å². The van der Waals surface area contributed by atoms with Gasteiger partial charge in [-0.3, -0.25) is 0 Å². The molecule has 1 rings (SSSR count). The van der Waals surface area contributed by atoms with Crippen molar-refractivity contribution < 1.29 is 0 Å². The Kier molecular flexibility index (Phi) is 4.84. The average Bonchev–Trinajstić information content (AvgIpc) is 2.15. The third-order valence-corrected chi connectivity index (χ3v) is 3.00. The van der Waals surface area contributed by atoms with Gasteiger partial charge in [0.1, 0.15) is 0 Å². The fourth-order valence-electron chi connectivity index (χ4n) is 1.13. The van der Waals surface area contributed by atoms with Gasteiger partial charge in [-0.15, -0.1) is 11.8 Å². The van der Waals surface area contributed by atoms with E-state index < -0.39 is 0 Å². The third kappa shape index (κ3) is 4.53. The van der Waals surface area contributed by atoms with Crippen LogP contribution in [0.3, 0.4) is 0 Å². The lowest BCUT2D eigenvalue weighted by Crippen LogP contribution is -2.13. The summed E-state index contributed by atoms with van der Waals surface area (Å²) in [5, 5.41) is 0. The Hall–Kier alpha value is -0.670. The monoisotopic (exact) mass is 210 g/mol. The van der Waals surface area contributed by atoms with E-state index in [1.165, 1.54) is 17.1 Å². The summed E-state index contributed by atoms with van der Waals surface area (Å²) in [4.78, 5) is 3.52. The highest BCUT2D eigenvalue weighted by Gasteiger charge is 1.94. The summed E-state index contributed by atoms with van der Waals surface area (Å²) >= 11 is 1.89. The zero-order valence-electron chi connectivity index (χ0n) is 8.86. The zero-order valence-corrected chi connectivity index (χ0v) is 9.68. The topological polar surface area (TPSA) is 29.3 Å². The SMILES string of the molecule is CN(C)CCCSc1ccc(N)cc1. The molecule has 0 aliphatic carbocycles. The van der Waals surface area contributed by atoms with Gasteiger partial charge in [0.15, 0.2) is 0 Å². The van der Waals surface area contributed by atoms with Crippen LogP contribution >= 0.6 is 11.8 Å². The Morgan fingerprint density at radius 3 is 2.43 bits per heavy atom. The number of benzene rings is 1. The molecular weight excluding hydrogens is 192 g/mol. The van der Waals surface area contributed by atoms with Crippen LogP contribution in [-0.2, 0) is 0 Å². The van der Waals surface area contributed by atoms with Gasteiger partial charge in [-0.25, -0.2) is 0 Å². The molecule has 14 heavy (non-hydrogen) atoms. The Morgan fingerprint density at radius 2 is 1.86 bits per heavy atom. The van der Waals surface area contributed by atoms with Gasteiger partial charge >= 0.3 is 0 Å². The van der Waals surface area contributed by atoms with Crippen molar-refractivity contribution in [1.29, 1.82) is 0 Å². The molecule has 0 heterocycles. The molecule has 0 bridgehead atoms. The summed E-state index contributed by atoms with van der Waals surface area (Å²) in [7, 11) is 4.21. The molecule has 0 unspecified atom stereocenters. The number of anilines is 1. The van der Waals surface area contributed by atoms with Crippen LogP contribution in [0.15, 0.2) is 29.2 Å². The predicted octanol–water partition coefficient (Wildman–Crippen LogP) is 2.31. The highest BCUT2D eigenvalue weighted by Crippen LogP contribution is 2.19. The minimum absolute atomic E-state index is 0.836. The van der Waals surface area contributed by atoms with E-state index in [1.54, 1.807) is 0 Å². The van der Waals surface area contributed by atoms with E-state index in [0.29, 0.717) is 0 Å².